The highest BCUT2D eigenvalue weighted by Gasteiger charge is 2.24. The molecule has 0 atom stereocenters. The molecule has 0 saturated heterocycles. The number of ether oxygens (including phenoxy) is 1. The van der Waals surface area contributed by atoms with Crippen LogP contribution >= 0.6 is 11.3 Å². The van der Waals surface area contributed by atoms with Crippen molar-refractivity contribution in [2.24, 2.45) is 5.73 Å². The lowest BCUT2D eigenvalue weighted by Crippen LogP contribution is -2.11. The number of primary amides is 1. The standard InChI is InChI=1S/C22H24N2O2S/c1-3-17(26-18-11-5-4-6-12-18)14-13-15(2)19-20(21(23)25)27-22(24-19)16-9-7-8-10-16/h3-6,11-14,16H,2,7-10H2,1H3,(H2,23,25)/b14-13-,17-3+. The Morgan fingerprint density at radius 1 is 1.26 bits per heavy atom. The van der Waals surface area contributed by atoms with E-state index in [2.05, 4.69) is 6.58 Å². The van der Waals surface area contributed by atoms with Gasteiger partial charge in [-0.15, -0.1) is 11.3 Å². The summed E-state index contributed by atoms with van der Waals surface area (Å²) in [6.07, 6.45) is 10.2. The minimum Gasteiger partial charge on any atom is -0.458 e. The fourth-order valence-corrected chi connectivity index (χ4v) is 4.27. The lowest BCUT2D eigenvalue weighted by atomic mass is 10.1. The molecule has 0 unspecified atom stereocenters. The van der Waals surface area contributed by atoms with Crippen molar-refractivity contribution in [3.63, 3.8) is 0 Å². The summed E-state index contributed by atoms with van der Waals surface area (Å²) in [5.74, 6) is 1.43. The maximum Gasteiger partial charge on any atom is 0.261 e. The largest absolute Gasteiger partial charge is 0.458 e. The van der Waals surface area contributed by atoms with Gasteiger partial charge in [0.25, 0.3) is 5.91 Å². The normalized spacial score (nSPS) is 15.4. The second kappa shape index (κ2) is 8.82. The number of aromatic nitrogens is 1. The van der Waals surface area contributed by atoms with Gasteiger partial charge in [0.1, 0.15) is 16.4 Å². The summed E-state index contributed by atoms with van der Waals surface area (Å²) in [5, 5.41) is 0.998. The first-order valence-electron chi connectivity index (χ1n) is 9.15. The summed E-state index contributed by atoms with van der Waals surface area (Å²) < 4.78 is 5.84. The summed E-state index contributed by atoms with van der Waals surface area (Å²) in [4.78, 5) is 17.1. The van der Waals surface area contributed by atoms with E-state index >= 15 is 0 Å². The van der Waals surface area contributed by atoms with Gasteiger partial charge in [-0.3, -0.25) is 4.79 Å². The average molecular weight is 381 g/mol. The third-order valence-corrected chi connectivity index (χ3v) is 5.82. The van der Waals surface area contributed by atoms with Crippen LogP contribution in [-0.4, -0.2) is 10.9 Å². The number of carbonyl (C=O) groups is 1. The molecule has 1 aromatic heterocycles. The molecule has 4 nitrogen and oxygen atoms in total. The Morgan fingerprint density at radius 3 is 2.59 bits per heavy atom. The summed E-state index contributed by atoms with van der Waals surface area (Å²) >= 11 is 1.41. The van der Waals surface area contributed by atoms with E-state index in [-0.39, 0.29) is 0 Å². The predicted octanol–water partition coefficient (Wildman–Crippen LogP) is 5.45. The predicted molar refractivity (Wildman–Crippen MR) is 111 cm³/mol. The molecular formula is C22H24N2O2S. The highest BCUT2D eigenvalue weighted by atomic mass is 32.1. The molecule has 1 aliphatic rings. The lowest BCUT2D eigenvalue weighted by molar-refractivity contribution is 0.100. The van der Waals surface area contributed by atoms with Gasteiger partial charge in [0.05, 0.1) is 10.7 Å². The van der Waals surface area contributed by atoms with Crippen LogP contribution in [0.3, 0.4) is 0 Å². The maximum absolute atomic E-state index is 11.9. The zero-order valence-corrected chi connectivity index (χ0v) is 16.3. The number of para-hydroxylation sites is 1. The van der Waals surface area contributed by atoms with E-state index in [1.54, 1.807) is 0 Å². The molecule has 0 aliphatic heterocycles. The number of hydrogen-bond acceptors (Lipinski definition) is 4. The number of carbonyl (C=O) groups excluding carboxylic acids is 1. The lowest BCUT2D eigenvalue weighted by Gasteiger charge is -2.06. The summed E-state index contributed by atoms with van der Waals surface area (Å²) in [6.45, 7) is 5.99. The third kappa shape index (κ3) is 4.74. The van der Waals surface area contributed by atoms with Crippen molar-refractivity contribution in [3.8, 4) is 5.75 Å². The van der Waals surface area contributed by atoms with Crippen molar-refractivity contribution in [1.82, 2.24) is 4.98 Å². The van der Waals surface area contributed by atoms with Gasteiger partial charge in [-0.1, -0.05) is 37.6 Å². The van der Waals surface area contributed by atoms with Crippen LogP contribution in [0.1, 0.15) is 58.9 Å². The van der Waals surface area contributed by atoms with Gasteiger partial charge in [-0.05, 0) is 55.7 Å². The van der Waals surface area contributed by atoms with Crippen molar-refractivity contribution < 1.29 is 9.53 Å². The quantitative estimate of drug-likeness (QED) is 0.513. The third-order valence-electron chi connectivity index (χ3n) is 4.59. The summed E-state index contributed by atoms with van der Waals surface area (Å²) in [5.41, 5.74) is 6.82. The molecule has 27 heavy (non-hydrogen) atoms. The summed E-state index contributed by atoms with van der Waals surface area (Å²) in [6, 6.07) is 9.57. The number of rotatable bonds is 7. The SMILES string of the molecule is C=C(/C=C\C(=C/C)Oc1ccccc1)c1nc(C2CCCC2)sc1C(N)=O. The molecule has 1 saturated carbocycles. The Morgan fingerprint density at radius 2 is 1.96 bits per heavy atom. The number of benzene rings is 1. The van der Waals surface area contributed by atoms with Crippen LogP contribution in [0.25, 0.3) is 5.57 Å². The molecule has 1 aliphatic carbocycles. The molecule has 2 aromatic rings. The number of amides is 1. The van der Waals surface area contributed by atoms with Crippen molar-refractivity contribution in [2.75, 3.05) is 0 Å². The molecule has 0 bridgehead atoms. The van der Waals surface area contributed by atoms with E-state index in [4.69, 9.17) is 15.5 Å². The molecule has 5 heteroatoms. The molecule has 1 amide bonds. The first-order valence-corrected chi connectivity index (χ1v) is 9.97. The van der Waals surface area contributed by atoms with E-state index in [0.29, 0.717) is 27.8 Å². The number of hydrogen-bond donors (Lipinski definition) is 1. The first-order chi connectivity index (χ1) is 13.1. The molecule has 3 rings (SSSR count). The first kappa shape index (κ1) is 19.1. The van der Waals surface area contributed by atoms with Gasteiger partial charge in [0, 0.05) is 5.92 Å². The number of nitrogens with zero attached hydrogens (tertiary/aromatic N) is 1. The zero-order chi connectivity index (χ0) is 19.2. The fraction of sp³-hybridized carbons (Fsp3) is 0.273. The van der Waals surface area contributed by atoms with Crippen LogP contribution in [0.2, 0.25) is 0 Å². The smallest absolute Gasteiger partial charge is 0.261 e. The Hall–Kier alpha value is -2.66. The van der Waals surface area contributed by atoms with Gasteiger partial charge in [-0.25, -0.2) is 4.98 Å². The van der Waals surface area contributed by atoms with Crippen molar-refractivity contribution in [1.29, 1.82) is 0 Å². The molecule has 0 spiro atoms. The van der Waals surface area contributed by atoms with Gasteiger partial charge >= 0.3 is 0 Å². The van der Waals surface area contributed by atoms with Crippen LogP contribution < -0.4 is 10.5 Å². The Kier molecular flexibility index (Phi) is 6.24. The minimum absolute atomic E-state index is 0.436. The van der Waals surface area contributed by atoms with Crippen molar-refractivity contribution in [2.45, 2.75) is 38.5 Å². The fourth-order valence-electron chi connectivity index (χ4n) is 3.14. The van der Waals surface area contributed by atoms with Gasteiger partial charge < -0.3 is 10.5 Å². The Balaban J connectivity index is 1.78. The summed E-state index contributed by atoms with van der Waals surface area (Å²) in [7, 11) is 0. The second-order valence-corrected chi connectivity index (χ2v) is 7.57. The topological polar surface area (TPSA) is 65.2 Å². The molecular weight excluding hydrogens is 356 g/mol. The maximum atomic E-state index is 11.9. The van der Waals surface area contributed by atoms with Crippen LogP contribution in [0.5, 0.6) is 5.75 Å². The van der Waals surface area contributed by atoms with Crippen molar-refractivity contribution in [3.05, 3.63) is 76.5 Å². The highest BCUT2D eigenvalue weighted by molar-refractivity contribution is 7.14. The van der Waals surface area contributed by atoms with E-state index in [1.165, 1.54) is 24.2 Å². The van der Waals surface area contributed by atoms with Gasteiger partial charge in [0.15, 0.2) is 0 Å². The van der Waals surface area contributed by atoms with E-state index in [1.807, 2.05) is 55.5 Å². The Bertz CT molecular complexity index is 875. The average Bonchev–Trinajstić information content (AvgIpc) is 3.35. The number of nitrogens with two attached hydrogens (primary N) is 1. The van der Waals surface area contributed by atoms with E-state index in [0.717, 1.165) is 23.6 Å². The molecule has 1 heterocycles. The molecule has 0 radical (unpaired) electrons. The van der Waals surface area contributed by atoms with Crippen LogP contribution in [0.15, 0.2) is 60.9 Å². The second-order valence-electron chi connectivity index (χ2n) is 6.54. The minimum atomic E-state index is -0.451. The number of allylic oxidation sites excluding steroid dienone is 4. The monoisotopic (exact) mass is 380 g/mol. The molecule has 1 fully saturated rings. The number of thiazole rings is 1. The molecule has 1 aromatic carbocycles. The molecule has 140 valence electrons. The van der Waals surface area contributed by atoms with Gasteiger partial charge in [-0.2, -0.15) is 0 Å². The van der Waals surface area contributed by atoms with Crippen molar-refractivity contribution >= 4 is 22.8 Å². The van der Waals surface area contributed by atoms with Crippen LogP contribution in [0, 0.1) is 0 Å². The van der Waals surface area contributed by atoms with E-state index in [9.17, 15) is 4.79 Å². The molecule has 2 N–H and O–H groups in total. The highest BCUT2D eigenvalue weighted by Crippen LogP contribution is 2.38. The van der Waals surface area contributed by atoms with Gasteiger partial charge in [0.2, 0.25) is 0 Å². The van der Waals surface area contributed by atoms with Crippen LogP contribution in [-0.2, 0) is 0 Å². The van der Waals surface area contributed by atoms with Crippen LogP contribution in [0.4, 0.5) is 0 Å². The zero-order valence-electron chi connectivity index (χ0n) is 15.5. The van der Waals surface area contributed by atoms with E-state index < -0.39 is 5.91 Å². The Labute approximate surface area is 164 Å².